The lowest BCUT2D eigenvalue weighted by Gasteiger charge is -2.19. The van der Waals surface area contributed by atoms with E-state index in [1.165, 1.54) is 15.7 Å². The molecule has 0 saturated heterocycles. The minimum Gasteiger partial charge on any atom is -0.503 e. The number of aromatic hydroxyl groups is 2. The summed E-state index contributed by atoms with van der Waals surface area (Å²) in [5, 5.41) is 21.1. The standard InChI is InChI=1S/C18H22Cl2N2O3/c1-18(2,3)10-22-9-12(15(23)17(22)25)16(24)21(4)8-11-5-6-13(19)14(20)7-11/h5-7,9,23,25H,8,10H2,1-4H3. The maximum absolute atomic E-state index is 12.6. The van der Waals surface area contributed by atoms with Crippen molar-refractivity contribution in [2.24, 2.45) is 5.41 Å². The van der Waals surface area contributed by atoms with Gasteiger partial charge in [-0.2, -0.15) is 0 Å². The second-order valence-electron chi connectivity index (χ2n) is 7.31. The number of amides is 1. The number of carbonyl (C=O) groups excluding carboxylic acids is 1. The smallest absolute Gasteiger partial charge is 0.259 e. The predicted octanol–water partition coefficient (Wildman–Crippen LogP) is 4.52. The fourth-order valence-electron chi connectivity index (χ4n) is 2.51. The van der Waals surface area contributed by atoms with Crippen molar-refractivity contribution in [2.75, 3.05) is 7.05 Å². The molecule has 0 radical (unpaired) electrons. The van der Waals surface area contributed by atoms with Crippen LogP contribution in [0.3, 0.4) is 0 Å². The number of nitrogens with zero attached hydrogens (tertiary/aromatic N) is 2. The largest absolute Gasteiger partial charge is 0.503 e. The molecular formula is C18H22Cl2N2O3. The molecule has 0 atom stereocenters. The van der Waals surface area contributed by atoms with Crippen molar-refractivity contribution in [3.63, 3.8) is 0 Å². The highest BCUT2D eigenvalue weighted by molar-refractivity contribution is 6.42. The Kier molecular flexibility index (Phi) is 5.59. The first kappa shape index (κ1) is 19.5. The summed E-state index contributed by atoms with van der Waals surface area (Å²) >= 11 is 11.9. The summed E-state index contributed by atoms with van der Waals surface area (Å²) in [6.45, 7) is 6.76. The lowest BCUT2D eigenvalue weighted by atomic mass is 9.97. The van der Waals surface area contributed by atoms with Crippen LogP contribution < -0.4 is 0 Å². The average molecular weight is 385 g/mol. The molecule has 1 aromatic heterocycles. The SMILES string of the molecule is CN(Cc1ccc(Cl)c(Cl)c1)C(=O)c1cn(CC(C)(C)C)c(O)c1O. The molecule has 25 heavy (non-hydrogen) atoms. The van der Waals surface area contributed by atoms with Crippen molar-refractivity contribution in [1.29, 1.82) is 0 Å². The molecule has 7 heteroatoms. The van der Waals surface area contributed by atoms with Gasteiger partial charge in [0.2, 0.25) is 5.88 Å². The molecule has 1 aromatic carbocycles. The molecule has 0 aliphatic carbocycles. The Morgan fingerprint density at radius 3 is 2.40 bits per heavy atom. The molecule has 1 amide bonds. The number of benzene rings is 1. The minimum absolute atomic E-state index is 0.0595. The normalized spacial score (nSPS) is 11.6. The van der Waals surface area contributed by atoms with E-state index in [0.29, 0.717) is 23.1 Å². The lowest BCUT2D eigenvalue weighted by Crippen LogP contribution is -2.26. The van der Waals surface area contributed by atoms with Crippen molar-refractivity contribution >= 4 is 29.1 Å². The molecule has 136 valence electrons. The van der Waals surface area contributed by atoms with E-state index < -0.39 is 11.7 Å². The Labute approximate surface area is 157 Å². The zero-order valence-electron chi connectivity index (χ0n) is 14.7. The quantitative estimate of drug-likeness (QED) is 0.813. The Balaban J connectivity index is 2.21. The number of carbonyl (C=O) groups is 1. The maximum Gasteiger partial charge on any atom is 0.259 e. The van der Waals surface area contributed by atoms with E-state index in [1.54, 1.807) is 25.2 Å². The molecule has 2 aromatic rings. The third-order valence-corrected chi connectivity index (χ3v) is 4.39. The van der Waals surface area contributed by atoms with Crippen LogP contribution in [-0.2, 0) is 13.1 Å². The van der Waals surface area contributed by atoms with Crippen molar-refractivity contribution in [3.05, 3.63) is 45.6 Å². The first-order chi connectivity index (χ1) is 11.5. The second kappa shape index (κ2) is 7.18. The number of hydrogen-bond acceptors (Lipinski definition) is 3. The van der Waals surface area contributed by atoms with E-state index in [2.05, 4.69) is 0 Å². The molecule has 0 bridgehead atoms. The first-order valence-electron chi connectivity index (χ1n) is 7.80. The lowest BCUT2D eigenvalue weighted by molar-refractivity contribution is 0.0782. The molecule has 2 rings (SSSR count). The first-order valence-corrected chi connectivity index (χ1v) is 8.55. The molecule has 1 heterocycles. The van der Waals surface area contributed by atoms with E-state index in [1.807, 2.05) is 20.8 Å². The Morgan fingerprint density at radius 2 is 1.84 bits per heavy atom. The highest BCUT2D eigenvalue weighted by Gasteiger charge is 2.25. The molecular weight excluding hydrogens is 363 g/mol. The highest BCUT2D eigenvalue weighted by Crippen LogP contribution is 2.34. The third kappa shape index (κ3) is 4.61. The summed E-state index contributed by atoms with van der Waals surface area (Å²) in [7, 11) is 1.61. The van der Waals surface area contributed by atoms with Crippen LogP contribution in [0.15, 0.2) is 24.4 Å². The van der Waals surface area contributed by atoms with E-state index in [4.69, 9.17) is 23.2 Å². The van der Waals surface area contributed by atoms with E-state index >= 15 is 0 Å². The van der Waals surface area contributed by atoms with Crippen LogP contribution in [-0.4, -0.2) is 32.6 Å². The van der Waals surface area contributed by atoms with Gasteiger partial charge in [0.25, 0.3) is 5.91 Å². The Morgan fingerprint density at radius 1 is 1.20 bits per heavy atom. The van der Waals surface area contributed by atoms with Crippen molar-refractivity contribution < 1.29 is 15.0 Å². The molecule has 0 aliphatic rings. The topological polar surface area (TPSA) is 65.7 Å². The number of halogens is 2. The third-order valence-electron chi connectivity index (χ3n) is 3.65. The maximum atomic E-state index is 12.6. The van der Waals surface area contributed by atoms with E-state index in [0.717, 1.165) is 5.56 Å². The summed E-state index contributed by atoms with van der Waals surface area (Å²) in [6.07, 6.45) is 1.48. The number of rotatable bonds is 4. The van der Waals surface area contributed by atoms with Gasteiger partial charge in [0.1, 0.15) is 5.56 Å². The summed E-state index contributed by atoms with van der Waals surface area (Å²) < 4.78 is 1.48. The summed E-state index contributed by atoms with van der Waals surface area (Å²) in [6, 6.07) is 5.14. The van der Waals surface area contributed by atoms with Crippen LogP contribution in [0.4, 0.5) is 0 Å². The average Bonchev–Trinajstić information content (AvgIpc) is 2.77. The molecule has 5 nitrogen and oxygen atoms in total. The van der Waals surface area contributed by atoms with E-state index in [-0.39, 0.29) is 16.9 Å². The zero-order valence-corrected chi connectivity index (χ0v) is 16.2. The Bertz CT molecular complexity index is 794. The number of aromatic nitrogens is 1. The van der Waals surface area contributed by atoms with Crippen molar-refractivity contribution in [3.8, 4) is 11.6 Å². The highest BCUT2D eigenvalue weighted by atomic mass is 35.5. The van der Waals surface area contributed by atoms with Crippen LogP contribution in [0.25, 0.3) is 0 Å². The van der Waals surface area contributed by atoms with Gasteiger partial charge < -0.3 is 19.7 Å². The number of hydrogen-bond donors (Lipinski definition) is 2. The van der Waals surface area contributed by atoms with Gasteiger partial charge in [-0.1, -0.05) is 50.0 Å². The summed E-state index contributed by atoms with van der Waals surface area (Å²) in [5.41, 5.74) is 0.752. The van der Waals surface area contributed by atoms with Gasteiger partial charge in [-0.15, -0.1) is 0 Å². The van der Waals surface area contributed by atoms with Crippen LogP contribution >= 0.6 is 23.2 Å². The van der Waals surface area contributed by atoms with Gasteiger partial charge in [-0.05, 0) is 23.1 Å². The minimum atomic E-state index is -0.407. The van der Waals surface area contributed by atoms with Gasteiger partial charge in [-0.3, -0.25) is 4.79 Å². The molecule has 0 saturated carbocycles. The van der Waals surface area contributed by atoms with Gasteiger partial charge in [0.05, 0.1) is 10.0 Å². The summed E-state index contributed by atoms with van der Waals surface area (Å²) in [4.78, 5) is 14.1. The Hall–Kier alpha value is -1.85. The second-order valence-corrected chi connectivity index (χ2v) is 8.13. The zero-order chi connectivity index (χ0) is 18.9. The van der Waals surface area contributed by atoms with Gasteiger partial charge in [0, 0.05) is 26.3 Å². The molecule has 2 N–H and O–H groups in total. The van der Waals surface area contributed by atoms with E-state index in [9.17, 15) is 15.0 Å². The fourth-order valence-corrected chi connectivity index (χ4v) is 2.83. The van der Waals surface area contributed by atoms with Gasteiger partial charge >= 0.3 is 0 Å². The van der Waals surface area contributed by atoms with Gasteiger partial charge in [0.15, 0.2) is 5.75 Å². The van der Waals surface area contributed by atoms with Crippen LogP contribution in [0.1, 0.15) is 36.7 Å². The molecule has 0 aliphatic heterocycles. The monoisotopic (exact) mass is 384 g/mol. The molecule has 0 unspecified atom stereocenters. The predicted molar refractivity (Wildman–Crippen MR) is 99.5 cm³/mol. The molecule has 0 spiro atoms. The van der Waals surface area contributed by atoms with Crippen molar-refractivity contribution in [1.82, 2.24) is 9.47 Å². The van der Waals surface area contributed by atoms with Crippen LogP contribution in [0.5, 0.6) is 11.6 Å². The summed E-state index contributed by atoms with van der Waals surface area (Å²) in [5.74, 6) is -1.11. The van der Waals surface area contributed by atoms with Gasteiger partial charge in [-0.25, -0.2) is 0 Å². The van der Waals surface area contributed by atoms with Crippen LogP contribution in [0.2, 0.25) is 10.0 Å². The fraction of sp³-hybridized carbons (Fsp3) is 0.389. The van der Waals surface area contributed by atoms with Crippen molar-refractivity contribution in [2.45, 2.75) is 33.9 Å². The van der Waals surface area contributed by atoms with Crippen LogP contribution in [0, 0.1) is 5.41 Å². The molecule has 0 fully saturated rings.